The van der Waals surface area contributed by atoms with Crippen LogP contribution in [0, 0.1) is 11.3 Å². The Morgan fingerprint density at radius 2 is 0.938 bits per heavy atom. The molecule has 0 fully saturated rings. The summed E-state index contributed by atoms with van der Waals surface area (Å²) in [5.74, 6) is 0.506. The Balaban J connectivity index is 1.25. The lowest BCUT2D eigenvalue weighted by Crippen LogP contribution is -2.06. The average molecular weight is 817 g/mol. The second-order valence-corrected chi connectivity index (χ2v) is 15.9. The molecule has 0 spiro atoms. The molecule has 0 unspecified atom stereocenters. The molecule has 9 aromatic carbocycles. The van der Waals surface area contributed by atoms with Crippen molar-refractivity contribution in [2.24, 2.45) is 0 Å². The Hall–Kier alpha value is -8.85. The first-order chi connectivity index (χ1) is 31.7. The molecule has 0 amide bonds. The lowest BCUT2D eigenvalue weighted by molar-refractivity contribution is 0.673. The lowest BCUT2D eigenvalue weighted by atomic mass is 9.90. The fraction of sp³-hybridized carbons (Fsp3) is 0. The summed E-state index contributed by atoms with van der Waals surface area (Å²) in [6.45, 7) is 0. The number of aromatic nitrogens is 3. The molecule has 0 aliphatic rings. The van der Waals surface area contributed by atoms with Crippen molar-refractivity contribution in [3.05, 3.63) is 224 Å². The summed E-state index contributed by atoms with van der Waals surface area (Å²) in [6.07, 6.45) is 0. The van der Waals surface area contributed by atoms with Crippen LogP contribution in [-0.4, -0.2) is 14.5 Å². The van der Waals surface area contributed by atoms with E-state index >= 15 is 0 Å². The van der Waals surface area contributed by atoms with Gasteiger partial charge in [0.25, 0.3) is 0 Å². The van der Waals surface area contributed by atoms with E-state index in [0.29, 0.717) is 22.8 Å². The third-order valence-corrected chi connectivity index (χ3v) is 12.3. The predicted molar refractivity (Wildman–Crippen MR) is 261 cm³/mol. The van der Waals surface area contributed by atoms with Gasteiger partial charge in [-0.15, -0.1) is 0 Å². The third kappa shape index (κ3) is 5.93. The normalized spacial score (nSPS) is 11.4. The van der Waals surface area contributed by atoms with E-state index in [1.807, 2.05) is 66.7 Å². The number of para-hydroxylation sites is 1. The first kappa shape index (κ1) is 37.0. The summed E-state index contributed by atoms with van der Waals surface area (Å²) in [5.41, 5.74) is 15.1. The van der Waals surface area contributed by atoms with Gasteiger partial charge >= 0.3 is 0 Å². The maximum absolute atomic E-state index is 10.9. The van der Waals surface area contributed by atoms with Crippen LogP contribution in [0.1, 0.15) is 5.56 Å². The average Bonchev–Trinajstić information content (AvgIpc) is 3.93. The van der Waals surface area contributed by atoms with Crippen LogP contribution in [0.2, 0.25) is 0 Å². The van der Waals surface area contributed by atoms with Crippen molar-refractivity contribution >= 4 is 43.7 Å². The number of nitrogens with zero attached hydrogens (tertiary/aromatic N) is 4. The van der Waals surface area contributed by atoms with Crippen molar-refractivity contribution in [1.82, 2.24) is 14.5 Å². The molecule has 0 radical (unpaired) electrons. The van der Waals surface area contributed by atoms with Crippen LogP contribution in [-0.2, 0) is 0 Å². The first-order valence-electron chi connectivity index (χ1n) is 21.4. The van der Waals surface area contributed by atoms with E-state index in [4.69, 9.17) is 14.4 Å². The molecule has 0 aliphatic heterocycles. The van der Waals surface area contributed by atoms with Gasteiger partial charge in [0.05, 0.1) is 33.5 Å². The molecule has 64 heavy (non-hydrogen) atoms. The Bertz CT molecular complexity index is 3700. The second kappa shape index (κ2) is 15.3. The van der Waals surface area contributed by atoms with Crippen molar-refractivity contribution in [1.29, 1.82) is 5.26 Å². The standard InChI is InChI=1S/C59H36N4O/c60-37-48-55(41-25-12-4-13-26-41)61-59(62-56(48)42-27-14-5-15-28-42)47-34-33-44(39-21-8-2-9-22-39)52(40-23-10-3-11-24-40)57(47)63-49-31-17-16-29-45(49)54-50(63)36-35-46-53-43(38-19-6-1-7-20-38)30-18-32-51(53)64-58(46)54/h1-36H. The summed E-state index contributed by atoms with van der Waals surface area (Å²) < 4.78 is 9.37. The van der Waals surface area contributed by atoms with Crippen LogP contribution in [0.3, 0.4) is 0 Å². The Morgan fingerprint density at radius 1 is 0.406 bits per heavy atom. The molecule has 12 rings (SSSR count). The fourth-order valence-corrected chi connectivity index (χ4v) is 9.49. The zero-order chi connectivity index (χ0) is 42.6. The summed E-state index contributed by atoms with van der Waals surface area (Å²) >= 11 is 0. The van der Waals surface area contributed by atoms with Gasteiger partial charge in [0.15, 0.2) is 5.82 Å². The molecule has 0 aliphatic carbocycles. The predicted octanol–water partition coefficient (Wildman–Crippen LogP) is 15.3. The van der Waals surface area contributed by atoms with Crippen LogP contribution >= 0.6 is 0 Å². The zero-order valence-corrected chi connectivity index (χ0v) is 34.5. The fourth-order valence-electron chi connectivity index (χ4n) is 9.49. The minimum absolute atomic E-state index is 0.422. The highest BCUT2D eigenvalue weighted by molar-refractivity contribution is 6.26. The van der Waals surface area contributed by atoms with Crippen LogP contribution < -0.4 is 0 Å². The number of hydrogen-bond acceptors (Lipinski definition) is 4. The highest BCUT2D eigenvalue weighted by atomic mass is 16.3. The van der Waals surface area contributed by atoms with Gasteiger partial charge in [0.1, 0.15) is 22.8 Å². The molecule has 3 aromatic heterocycles. The van der Waals surface area contributed by atoms with Gasteiger partial charge in [0.2, 0.25) is 0 Å². The zero-order valence-electron chi connectivity index (χ0n) is 34.5. The number of fused-ring (bicyclic) bond motifs is 7. The molecule has 0 N–H and O–H groups in total. The highest BCUT2D eigenvalue weighted by Gasteiger charge is 2.28. The van der Waals surface area contributed by atoms with E-state index in [-0.39, 0.29) is 0 Å². The van der Waals surface area contributed by atoms with Crippen LogP contribution in [0.15, 0.2) is 223 Å². The number of nitriles is 1. The number of rotatable bonds is 7. The van der Waals surface area contributed by atoms with Gasteiger partial charge in [-0.2, -0.15) is 5.26 Å². The van der Waals surface area contributed by atoms with Gasteiger partial charge in [-0.3, -0.25) is 0 Å². The Labute approximate surface area is 369 Å². The van der Waals surface area contributed by atoms with Crippen molar-refractivity contribution in [3.8, 4) is 79.0 Å². The molecule has 12 aromatic rings. The number of benzene rings is 9. The Morgan fingerprint density at radius 3 is 1.55 bits per heavy atom. The van der Waals surface area contributed by atoms with Crippen LogP contribution in [0.25, 0.3) is 117 Å². The summed E-state index contributed by atoms with van der Waals surface area (Å²) in [7, 11) is 0. The van der Waals surface area contributed by atoms with E-state index in [2.05, 4.69) is 162 Å². The van der Waals surface area contributed by atoms with E-state index in [1.54, 1.807) is 0 Å². The van der Waals surface area contributed by atoms with Gasteiger partial charge in [-0.25, -0.2) is 9.97 Å². The molecule has 3 heterocycles. The van der Waals surface area contributed by atoms with Crippen molar-refractivity contribution in [2.75, 3.05) is 0 Å². The molecular weight excluding hydrogens is 781 g/mol. The first-order valence-corrected chi connectivity index (χ1v) is 21.4. The second-order valence-electron chi connectivity index (χ2n) is 15.9. The molecule has 5 heteroatoms. The van der Waals surface area contributed by atoms with E-state index in [1.165, 1.54) is 0 Å². The van der Waals surface area contributed by atoms with Gasteiger partial charge in [0, 0.05) is 38.4 Å². The monoisotopic (exact) mass is 816 g/mol. The van der Waals surface area contributed by atoms with E-state index in [0.717, 1.165) is 99.5 Å². The smallest absolute Gasteiger partial charge is 0.162 e. The van der Waals surface area contributed by atoms with Crippen molar-refractivity contribution in [3.63, 3.8) is 0 Å². The number of hydrogen-bond donors (Lipinski definition) is 0. The highest BCUT2D eigenvalue weighted by Crippen LogP contribution is 2.48. The van der Waals surface area contributed by atoms with E-state index < -0.39 is 0 Å². The maximum atomic E-state index is 10.9. The lowest BCUT2D eigenvalue weighted by Gasteiger charge is -2.22. The van der Waals surface area contributed by atoms with Crippen molar-refractivity contribution in [2.45, 2.75) is 0 Å². The molecule has 0 saturated carbocycles. The quantitative estimate of drug-likeness (QED) is 0.161. The Kier molecular flexibility index (Phi) is 8.81. The number of furan rings is 1. The summed E-state index contributed by atoms with van der Waals surface area (Å²) in [4.78, 5) is 10.8. The topological polar surface area (TPSA) is 67.6 Å². The SMILES string of the molecule is N#Cc1c(-c2ccccc2)nc(-c2ccc(-c3ccccc3)c(-c3ccccc3)c2-n2c3ccccc3c3c4oc5cccc(-c6ccccc6)c5c4ccc32)nc1-c1ccccc1. The van der Waals surface area contributed by atoms with Gasteiger partial charge < -0.3 is 8.98 Å². The van der Waals surface area contributed by atoms with Gasteiger partial charge in [-0.05, 0) is 58.1 Å². The van der Waals surface area contributed by atoms with Crippen LogP contribution in [0.5, 0.6) is 0 Å². The minimum atomic E-state index is 0.422. The molecule has 0 saturated heterocycles. The van der Waals surface area contributed by atoms with Crippen molar-refractivity contribution < 1.29 is 4.42 Å². The van der Waals surface area contributed by atoms with Gasteiger partial charge in [-0.1, -0.05) is 188 Å². The largest absolute Gasteiger partial charge is 0.455 e. The summed E-state index contributed by atoms with van der Waals surface area (Å²) in [6, 6.07) is 77.8. The third-order valence-electron chi connectivity index (χ3n) is 12.3. The molecule has 0 atom stereocenters. The molecule has 5 nitrogen and oxygen atoms in total. The molecule has 298 valence electrons. The van der Waals surface area contributed by atoms with Crippen LogP contribution in [0.4, 0.5) is 0 Å². The molecular formula is C59H36N4O. The maximum Gasteiger partial charge on any atom is 0.162 e. The molecule has 0 bridgehead atoms. The van der Waals surface area contributed by atoms with E-state index in [9.17, 15) is 5.26 Å². The summed E-state index contributed by atoms with van der Waals surface area (Å²) in [5, 5.41) is 15.1. The minimum Gasteiger partial charge on any atom is -0.455 e.